The molecule has 3 aromatic carbocycles. The lowest BCUT2D eigenvalue weighted by molar-refractivity contribution is -0.257. The van der Waals surface area contributed by atoms with Gasteiger partial charge in [-0.25, -0.2) is 0 Å². The van der Waals surface area contributed by atoms with Crippen LogP contribution in [0.15, 0.2) is 90.1 Å². The van der Waals surface area contributed by atoms with Gasteiger partial charge >= 0.3 is 0 Å². The van der Waals surface area contributed by atoms with Gasteiger partial charge in [0, 0.05) is 44.1 Å². The first-order chi connectivity index (χ1) is 28.9. The fourth-order valence-corrected chi connectivity index (χ4v) is 10.7. The predicted molar refractivity (Wildman–Crippen MR) is 234 cm³/mol. The second kappa shape index (κ2) is 20.4. The first kappa shape index (κ1) is 42.9. The lowest BCUT2D eigenvalue weighted by Crippen LogP contribution is -2.70. The molecule has 0 saturated heterocycles. The van der Waals surface area contributed by atoms with E-state index < -0.39 is 11.8 Å². The molecule has 1 amide bonds. The normalized spacial score (nSPS) is 25.5. The van der Waals surface area contributed by atoms with Gasteiger partial charge in [0.05, 0.1) is 18.2 Å². The molecular weight excluding hydrogens is 741 g/mol. The molecule has 0 radical (unpaired) electrons. The van der Waals surface area contributed by atoms with Crippen LogP contribution in [0, 0.1) is 23.7 Å². The molecule has 3 aliphatic carbocycles. The van der Waals surface area contributed by atoms with Crippen LogP contribution in [-0.4, -0.2) is 71.5 Å². The Morgan fingerprint density at radius 1 is 0.949 bits per heavy atom. The van der Waals surface area contributed by atoms with E-state index in [-0.39, 0.29) is 49.4 Å². The zero-order valence-corrected chi connectivity index (χ0v) is 35.4. The second-order valence-corrected chi connectivity index (χ2v) is 17.1. The molecule has 59 heavy (non-hydrogen) atoms. The average molecular weight is 807 g/mol. The van der Waals surface area contributed by atoms with E-state index in [2.05, 4.69) is 54.8 Å². The third-order valence-corrected chi connectivity index (χ3v) is 13.3. The summed E-state index contributed by atoms with van der Waals surface area (Å²) >= 11 is 0. The number of benzene rings is 3. The topological polar surface area (TPSA) is 110 Å². The Bertz CT molecular complexity index is 1940. The molecule has 2 fully saturated rings. The van der Waals surface area contributed by atoms with E-state index in [9.17, 15) is 15.0 Å². The number of nitrogens with zero attached hydrogens (tertiary/aromatic N) is 2. The summed E-state index contributed by atoms with van der Waals surface area (Å²) in [5.74, 6) is 1.55. The minimum atomic E-state index is -1.24. The van der Waals surface area contributed by atoms with Gasteiger partial charge in [-0.05, 0) is 110 Å². The number of aliphatic hydroxyl groups is 2. The lowest BCUT2D eigenvalue weighted by Gasteiger charge is -2.60. The third kappa shape index (κ3) is 9.43. The van der Waals surface area contributed by atoms with Crippen LogP contribution >= 0.6 is 0 Å². The molecule has 2 N–H and O–H groups in total. The van der Waals surface area contributed by atoms with E-state index >= 15 is 0 Å². The maximum atomic E-state index is 14.7. The van der Waals surface area contributed by atoms with E-state index in [0.717, 1.165) is 89.8 Å². The second-order valence-electron chi connectivity index (χ2n) is 17.1. The molecule has 6 atom stereocenters. The van der Waals surface area contributed by atoms with Crippen molar-refractivity contribution in [2.24, 2.45) is 28.8 Å². The van der Waals surface area contributed by atoms with Crippen LogP contribution < -0.4 is 9.47 Å². The standard InChI is InChI=1S/C50H66N2O7/c1-4-27-52(47(55)26-21-35-15-7-8-16-35)46-34-44(51-57-6-3)42-32-38(19-11-13-28-53)41(20-12-14-29-54)48-43-33-40(58-39-23-22-36-17-9-10-18-37(36)31-39)24-25-45(43)59-50(46,49(42)48)56-30-5-2/h5,9-10,17-18,22-25,31-33,35,38,41,46,48-49,53-54H,2,4,6-8,11-16,19-21,26-30,34H2,1,3H3. The first-order valence-electron chi connectivity index (χ1n) is 22.6. The molecule has 9 nitrogen and oxygen atoms in total. The SMILES string of the molecule is C=CCOC12Oc3ccc(Oc4ccc5ccccc5c4)cc3C3C(CCCCO)C(CCCCO)C=C(C(=NOCC)CC1N(CCC)C(=O)CCC1CCCC1)C32. The largest absolute Gasteiger partial charge is 0.459 e. The van der Waals surface area contributed by atoms with E-state index in [1.165, 1.54) is 25.7 Å². The van der Waals surface area contributed by atoms with Gasteiger partial charge in [0.15, 0.2) is 0 Å². The van der Waals surface area contributed by atoms with E-state index in [0.29, 0.717) is 38.3 Å². The first-order valence-corrected chi connectivity index (χ1v) is 22.6. The van der Waals surface area contributed by atoms with Crippen molar-refractivity contribution in [2.75, 3.05) is 33.0 Å². The van der Waals surface area contributed by atoms with E-state index in [1.54, 1.807) is 6.08 Å². The monoisotopic (exact) mass is 806 g/mol. The maximum absolute atomic E-state index is 14.7. The number of hydrogen-bond acceptors (Lipinski definition) is 8. The van der Waals surface area contributed by atoms with Gasteiger partial charge in [-0.3, -0.25) is 4.79 Å². The summed E-state index contributed by atoms with van der Waals surface area (Å²) in [6, 6.07) is 20.1. The number of allylic oxidation sites excluding steroid dienone is 1. The van der Waals surface area contributed by atoms with Gasteiger partial charge in [-0.2, -0.15) is 0 Å². The summed E-state index contributed by atoms with van der Waals surface area (Å²) < 4.78 is 21.2. The Morgan fingerprint density at radius 3 is 2.44 bits per heavy atom. The number of ether oxygens (including phenoxy) is 3. The number of rotatable bonds is 21. The Balaban J connectivity index is 1.39. The number of carbonyl (C=O) groups is 1. The van der Waals surface area contributed by atoms with Crippen molar-refractivity contribution in [1.82, 2.24) is 4.90 Å². The zero-order chi connectivity index (χ0) is 41.2. The fourth-order valence-electron chi connectivity index (χ4n) is 10.7. The molecule has 1 aliphatic heterocycles. The molecule has 9 heteroatoms. The molecule has 1 heterocycles. The van der Waals surface area contributed by atoms with Crippen LogP contribution in [0.4, 0.5) is 0 Å². The zero-order valence-electron chi connectivity index (χ0n) is 35.4. The highest BCUT2D eigenvalue weighted by molar-refractivity contribution is 6.03. The van der Waals surface area contributed by atoms with Gasteiger partial charge in [-0.15, -0.1) is 6.58 Å². The summed E-state index contributed by atoms with van der Waals surface area (Å²) in [4.78, 5) is 22.6. The van der Waals surface area contributed by atoms with Gasteiger partial charge in [0.2, 0.25) is 11.7 Å². The van der Waals surface area contributed by atoms with Crippen molar-refractivity contribution in [1.29, 1.82) is 0 Å². The summed E-state index contributed by atoms with van der Waals surface area (Å²) in [5.41, 5.74) is 2.94. The molecule has 6 unspecified atom stereocenters. The molecular formula is C50H66N2O7. The Labute approximate surface area is 351 Å². The highest BCUT2D eigenvalue weighted by atomic mass is 16.7. The van der Waals surface area contributed by atoms with Crippen LogP contribution in [0.2, 0.25) is 0 Å². The molecule has 0 bridgehead atoms. The molecule has 0 spiro atoms. The molecule has 7 rings (SSSR count). The Morgan fingerprint density at radius 2 is 1.69 bits per heavy atom. The molecule has 3 aromatic rings. The van der Waals surface area contributed by atoms with Gasteiger partial charge in [0.25, 0.3) is 0 Å². The van der Waals surface area contributed by atoms with E-state index in [1.807, 2.05) is 37.3 Å². The Hall–Kier alpha value is -4.18. The summed E-state index contributed by atoms with van der Waals surface area (Å²) in [6.45, 7) is 9.67. The maximum Gasteiger partial charge on any atom is 0.239 e. The van der Waals surface area contributed by atoms with Gasteiger partial charge in [0.1, 0.15) is 29.9 Å². The van der Waals surface area contributed by atoms with Crippen molar-refractivity contribution in [2.45, 2.75) is 121 Å². The quantitative estimate of drug-likeness (QED) is 0.0627. The van der Waals surface area contributed by atoms with Crippen molar-refractivity contribution >= 4 is 22.4 Å². The van der Waals surface area contributed by atoms with Crippen molar-refractivity contribution in [3.63, 3.8) is 0 Å². The third-order valence-electron chi connectivity index (χ3n) is 13.3. The molecule has 318 valence electrons. The van der Waals surface area contributed by atoms with Crippen LogP contribution in [0.1, 0.15) is 115 Å². The van der Waals surface area contributed by atoms with Crippen LogP contribution in [0.3, 0.4) is 0 Å². The number of hydrogen-bond donors (Lipinski definition) is 2. The van der Waals surface area contributed by atoms with Gasteiger partial charge < -0.3 is 34.2 Å². The average Bonchev–Trinajstić information content (AvgIpc) is 3.78. The number of unbranched alkanes of at least 4 members (excludes halogenated alkanes) is 2. The number of aliphatic hydroxyl groups excluding tert-OH is 2. The minimum Gasteiger partial charge on any atom is -0.459 e. The summed E-state index contributed by atoms with van der Waals surface area (Å²) in [5, 5.41) is 27.0. The number of oxime groups is 1. The highest BCUT2D eigenvalue weighted by Crippen LogP contribution is 2.62. The fraction of sp³-hybridized carbons (Fsp3) is 0.560. The molecule has 4 aliphatic rings. The van der Waals surface area contributed by atoms with Crippen molar-refractivity contribution < 1.29 is 34.1 Å². The lowest BCUT2D eigenvalue weighted by atomic mass is 9.55. The molecule has 0 aromatic heterocycles. The Kier molecular flexibility index (Phi) is 14.8. The van der Waals surface area contributed by atoms with E-state index in [4.69, 9.17) is 24.2 Å². The predicted octanol–water partition coefficient (Wildman–Crippen LogP) is 10.5. The summed E-state index contributed by atoms with van der Waals surface area (Å²) in [7, 11) is 0. The highest BCUT2D eigenvalue weighted by Gasteiger charge is 2.65. The molecule has 2 saturated carbocycles. The van der Waals surface area contributed by atoms with Crippen molar-refractivity contribution in [3.05, 3.63) is 90.5 Å². The smallest absolute Gasteiger partial charge is 0.239 e. The van der Waals surface area contributed by atoms with Gasteiger partial charge in [-0.1, -0.05) is 93.1 Å². The number of fused-ring (bicyclic) bond motifs is 3. The number of carbonyl (C=O) groups excluding carboxylic acids is 1. The summed E-state index contributed by atoms with van der Waals surface area (Å²) in [6.07, 6.45) is 16.6. The minimum absolute atomic E-state index is 0.103. The van der Waals surface area contributed by atoms with Crippen molar-refractivity contribution in [3.8, 4) is 17.2 Å². The van der Waals surface area contributed by atoms with Crippen LogP contribution in [0.5, 0.6) is 17.2 Å². The van der Waals surface area contributed by atoms with Crippen LogP contribution in [-0.2, 0) is 14.4 Å². The van der Waals surface area contributed by atoms with Crippen LogP contribution in [0.25, 0.3) is 10.8 Å². The number of amides is 1.